The summed E-state index contributed by atoms with van der Waals surface area (Å²) in [4.78, 5) is 17.2. The molecule has 9 nitrogen and oxygen atoms in total. The zero-order chi connectivity index (χ0) is 26.1. The molecule has 0 saturated carbocycles. The van der Waals surface area contributed by atoms with Crippen LogP contribution in [0, 0.1) is 0 Å². The van der Waals surface area contributed by atoms with Gasteiger partial charge >= 0.3 is 0 Å². The van der Waals surface area contributed by atoms with Crippen molar-refractivity contribution in [3.63, 3.8) is 0 Å². The number of amides is 1. The second-order valence-corrected chi connectivity index (χ2v) is 9.57. The predicted molar refractivity (Wildman–Crippen MR) is 142 cm³/mol. The molecule has 0 spiro atoms. The van der Waals surface area contributed by atoms with E-state index in [1.165, 1.54) is 35.2 Å². The molecule has 0 bridgehead atoms. The number of fused-ring (bicyclic) bond motifs is 1. The summed E-state index contributed by atoms with van der Waals surface area (Å²) in [5.41, 5.74) is 4.16. The quantitative estimate of drug-likeness (QED) is 0.221. The zero-order valence-electron chi connectivity index (χ0n) is 20.0. The third-order valence-electron chi connectivity index (χ3n) is 5.85. The fourth-order valence-corrected chi connectivity index (χ4v) is 4.64. The Balaban J connectivity index is 1.62. The molecule has 4 aromatic rings. The van der Waals surface area contributed by atoms with E-state index in [1.807, 2.05) is 35.7 Å². The maximum atomic E-state index is 11.8. The Labute approximate surface area is 216 Å². The van der Waals surface area contributed by atoms with Crippen LogP contribution in [0.2, 0.25) is 0 Å². The van der Waals surface area contributed by atoms with Gasteiger partial charge in [0.25, 0.3) is 5.91 Å². The number of thiazole rings is 1. The van der Waals surface area contributed by atoms with Crippen LogP contribution in [-0.2, 0) is 4.79 Å². The Morgan fingerprint density at radius 3 is 2.59 bits per heavy atom. The third-order valence-corrected chi connectivity index (χ3v) is 6.67. The molecule has 0 aliphatic carbocycles. The summed E-state index contributed by atoms with van der Waals surface area (Å²) in [6.07, 6.45) is 1.37. The van der Waals surface area contributed by atoms with Gasteiger partial charge in [0, 0.05) is 16.5 Å². The average Bonchev–Trinajstić information content (AvgIpc) is 3.29. The van der Waals surface area contributed by atoms with Crippen LogP contribution < -0.4 is 14.9 Å². The lowest BCUT2D eigenvalue weighted by molar-refractivity contribution is -0.118. The van der Waals surface area contributed by atoms with E-state index in [2.05, 4.69) is 24.3 Å². The Bertz CT molecular complexity index is 1590. The van der Waals surface area contributed by atoms with Crippen LogP contribution in [0.15, 0.2) is 70.1 Å². The van der Waals surface area contributed by atoms with Crippen molar-refractivity contribution in [1.29, 1.82) is 0 Å². The van der Waals surface area contributed by atoms with Crippen molar-refractivity contribution in [3.05, 3.63) is 75.9 Å². The fourth-order valence-electron chi connectivity index (χ4n) is 3.78. The van der Waals surface area contributed by atoms with E-state index in [4.69, 9.17) is 9.73 Å². The molecule has 4 N–H and O–H groups in total. The fraction of sp³-hybridized carbons (Fsp3) is 0.148. The Morgan fingerprint density at radius 2 is 1.84 bits per heavy atom. The van der Waals surface area contributed by atoms with E-state index in [0.29, 0.717) is 27.9 Å². The first-order valence-electron chi connectivity index (χ1n) is 11.5. The van der Waals surface area contributed by atoms with Crippen molar-refractivity contribution in [1.82, 2.24) is 4.68 Å². The molecule has 1 aliphatic rings. The number of phenolic OH excluding ortho intramolecular Hbond substituents is 3. The number of hydrogen-bond donors (Lipinski definition) is 4. The van der Waals surface area contributed by atoms with E-state index in [0.717, 1.165) is 11.3 Å². The van der Waals surface area contributed by atoms with Gasteiger partial charge in [-0.05, 0) is 53.9 Å². The Kier molecular flexibility index (Phi) is 6.41. The molecular weight excluding hydrogens is 492 g/mol. The van der Waals surface area contributed by atoms with E-state index in [9.17, 15) is 20.1 Å². The summed E-state index contributed by atoms with van der Waals surface area (Å²) in [5.74, 6) is -0.799. The molecule has 0 atom stereocenters. The average molecular weight is 517 g/mol. The number of phenols is 3. The molecule has 2 heterocycles. The van der Waals surface area contributed by atoms with Crippen LogP contribution in [0.5, 0.6) is 23.0 Å². The second-order valence-electron chi connectivity index (χ2n) is 8.74. The highest BCUT2D eigenvalue weighted by Gasteiger charge is 2.18. The molecule has 0 radical (unpaired) electrons. The number of hydrogen-bond acceptors (Lipinski definition) is 8. The Morgan fingerprint density at radius 1 is 1.05 bits per heavy atom. The zero-order valence-corrected chi connectivity index (χ0v) is 20.9. The van der Waals surface area contributed by atoms with Gasteiger partial charge in [-0.15, -0.1) is 11.3 Å². The molecule has 5 rings (SSSR count). The van der Waals surface area contributed by atoms with Crippen molar-refractivity contribution in [2.75, 3.05) is 11.9 Å². The van der Waals surface area contributed by atoms with Gasteiger partial charge in [0.1, 0.15) is 5.75 Å². The third kappa shape index (κ3) is 4.91. The standard InChI is InChI=1S/C27H24N4O5S/c1-15(2)16-3-7-19(8-4-16)29-27-31(28-12-18-5-9-22(32)26(35)25(18)34)21(14-37-27)17-6-10-23-20(11-17)30-24(33)13-36-23/h3-12,14-15,32,34-35H,13H2,1-2H3,(H,30,33). The first-order valence-corrected chi connectivity index (χ1v) is 12.4. The lowest BCUT2D eigenvalue weighted by Crippen LogP contribution is -2.25. The maximum absolute atomic E-state index is 11.8. The number of aromatic nitrogens is 1. The van der Waals surface area contributed by atoms with E-state index >= 15 is 0 Å². The lowest BCUT2D eigenvalue weighted by atomic mass is 10.0. The number of aromatic hydroxyl groups is 3. The van der Waals surface area contributed by atoms with Crippen LogP contribution >= 0.6 is 11.3 Å². The van der Waals surface area contributed by atoms with Crippen molar-refractivity contribution in [3.8, 4) is 34.3 Å². The second kappa shape index (κ2) is 9.82. The smallest absolute Gasteiger partial charge is 0.262 e. The van der Waals surface area contributed by atoms with E-state index in [-0.39, 0.29) is 18.1 Å². The summed E-state index contributed by atoms with van der Waals surface area (Å²) in [5, 5.41) is 39.0. The molecule has 3 aromatic carbocycles. The minimum absolute atomic E-state index is 0.0311. The van der Waals surface area contributed by atoms with Gasteiger partial charge in [-0.1, -0.05) is 26.0 Å². The topological polar surface area (TPSA) is 129 Å². The number of carbonyl (C=O) groups is 1. The van der Waals surface area contributed by atoms with Crippen LogP contribution in [-0.4, -0.2) is 38.7 Å². The van der Waals surface area contributed by atoms with Crippen LogP contribution in [0.4, 0.5) is 11.4 Å². The number of anilines is 1. The highest BCUT2D eigenvalue weighted by atomic mass is 32.1. The van der Waals surface area contributed by atoms with Crippen molar-refractivity contribution >= 4 is 34.8 Å². The number of ether oxygens (including phenoxy) is 1. The molecule has 1 aliphatic heterocycles. The highest BCUT2D eigenvalue weighted by molar-refractivity contribution is 7.07. The molecule has 1 amide bonds. The summed E-state index contributed by atoms with van der Waals surface area (Å²) >= 11 is 1.37. The summed E-state index contributed by atoms with van der Waals surface area (Å²) in [6.45, 7) is 4.22. The molecule has 0 fully saturated rings. The molecule has 37 heavy (non-hydrogen) atoms. The monoisotopic (exact) mass is 516 g/mol. The van der Waals surface area contributed by atoms with Gasteiger partial charge < -0.3 is 25.4 Å². The van der Waals surface area contributed by atoms with Crippen molar-refractivity contribution in [2.45, 2.75) is 19.8 Å². The van der Waals surface area contributed by atoms with E-state index in [1.54, 1.807) is 16.8 Å². The first kappa shape index (κ1) is 24.1. The van der Waals surface area contributed by atoms with Crippen LogP contribution in [0.1, 0.15) is 30.9 Å². The highest BCUT2D eigenvalue weighted by Crippen LogP contribution is 2.36. The normalized spacial score (nSPS) is 13.6. The van der Waals surface area contributed by atoms with Gasteiger partial charge in [-0.25, -0.2) is 9.67 Å². The molecule has 0 unspecified atom stereocenters. The van der Waals surface area contributed by atoms with Crippen molar-refractivity contribution < 1.29 is 24.9 Å². The van der Waals surface area contributed by atoms with Crippen LogP contribution in [0.25, 0.3) is 11.3 Å². The predicted octanol–water partition coefficient (Wildman–Crippen LogP) is 4.90. The molecule has 0 saturated heterocycles. The SMILES string of the molecule is CC(C)c1ccc(N=c2scc(-c3ccc4c(c3)NC(=O)CO4)n2N=Cc2ccc(O)c(O)c2O)cc1. The van der Waals surface area contributed by atoms with E-state index < -0.39 is 17.2 Å². The first-order chi connectivity index (χ1) is 17.8. The summed E-state index contributed by atoms with van der Waals surface area (Å²) in [7, 11) is 0. The largest absolute Gasteiger partial charge is 0.504 e. The number of benzene rings is 3. The van der Waals surface area contributed by atoms with Gasteiger partial charge in [0.15, 0.2) is 18.1 Å². The minimum Gasteiger partial charge on any atom is -0.504 e. The Hall–Kier alpha value is -4.57. The van der Waals surface area contributed by atoms with Crippen molar-refractivity contribution in [2.24, 2.45) is 10.1 Å². The van der Waals surface area contributed by atoms with Gasteiger partial charge in [-0.3, -0.25) is 4.79 Å². The summed E-state index contributed by atoms with van der Waals surface area (Å²) < 4.78 is 7.08. The minimum atomic E-state index is -0.625. The number of carbonyl (C=O) groups excluding carboxylic acids is 1. The van der Waals surface area contributed by atoms with Gasteiger partial charge in [-0.2, -0.15) is 5.10 Å². The van der Waals surface area contributed by atoms with Gasteiger partial charge in [0.2, 0.25) is 10.6 Å². The lowest BCUT2D eigenvalue weighted by Gasteiger charge is -2.18. The molecule has 188 valence electrons. The number of rotatable bonds is 5. The molecule has 1 aromatic heterocycles. The van der Waals surface area contributed by atoms with Gasteiger partial charge in [0.05, 0.1) is 23.3 Å². The molecular formula is C27H24N4O5S. The number of nitrogens with zero attached hydrogens (tertiary/aromatic N) is 3. The maximum Gasteiger partial charge on any atom is 0.262 e. The number of nitrogens with one attached hydrogen (secondary N) is 1. The molecule has 10 heteroatoms. The van der Waals surface area contributed by atoms with Crippen LogP contribution in [0.3, 0.4) is 0 Å². The summed E-state index contributed by atoms with van der Waals surface area (Å²) in [6, 6.07) is 16.1.